The standard InChI is InChI=1S/C36H36ClN5O7S/c1-36(2,3)21-17-28(33(48-6)31(18-21)50(45,46)38-4)42-35(44)41-27-13-14-29(25-10-8-7-9-24(25)27)49-23-15-16-39-32(20-23)40-22-11-12-26(34(37)43)30(19-22)47-5/h7-20,38H,1-6H3,(H,39,40)(H2,41,42,44). The fourth-order valence-corrected chi connectivity index (χ4v) is 6.24. The molecule has 5 aromatic rings. The monoisotopic (exact) mass is 717 g/mol. The number of carbonyl (C=O) groups is 2. The van der Waals surface area contributed by atoms with Crippen LogP contribution in [0, 0.1) is 0 Å². The Bertz CT molecular complexity index is 2200. The van der Waals surface area contributed by atoms with E-state index < -0.39 is 26.7 Å². The number of sulfonamides is 1. The summed E-state index contributed by atoms with van der Waals surface area (Å²) >= 11 is 5.64. The first-order valence-corrected chi connectivity index (χ1v) is 17.1. The number of benzene rings is 4. The first-order valence-electron chi connectivity index (χ1n) is 15.3. The molecule has 0 aliphatic rings. The molecule has 2 amide bonds. The van der Waals surface area contributed by atoms with Crippen molar-refractivity contribution < 1.29 is 32.2 Å². The number of nitrogens with one attached hydrogen (secondary N) is 4. The highest BCUT2D eigenvalue weighted by Crippen LogP contribution is 2.39. The maximum absolute atomic E-state index is 13.4. The number of fused-ring (bicyclic) bond motifs is 1. The number of amides is 2. The van der Waals surface area contributed by atoms with Crippen LogP contribution in [0.25, 0.3) is 10.8 Å². The Balaban J connectivity index is 1.40. The van der Waals surface area contributed by atoms with Crippen molar-refractivity contribution >= 4 is 66.6 Å². The van der Waals surface area contributed by atoms with Crippen LogP contribution in [0.5, 0.6) is 23.0 Å². The quantitative estimate of drug-likeness (QED) is 0.0994. The molecule has 4 aromatic carbocycles. The largest absolute Gasteiger partial charge is 0.496 e. The molecule has 0 saturated carbocycles. The lowest BCUT2D eigenvalue weighted by molar-refractivity contribution is 0.107. The van der Waals surface area contributed by atoms with Crippen molar-refractivity contribution in [3.05, 3.63) is 96.2 Å². The van der Waals surface area contributed by atoms with Crippen molar-refractivity contribution in [3.8, 4) is 23.0 Å². The minimum Gasteiger partial charge on any atom is -0.496 e. The topological polar surface area (TPSA) is 157 Å². The van der Waals surface area contributed by atoms with E-state index in [0.717, 1.165) is 5.39 Å². The SMILES string of the molecule is CNS(=O)(=O)c1cc(C(C)(C)C)cc(NC(=O)Nc2ccc(Oc3ccnc(Nc4ccc(C(=O)Cl)c(OC)c4)c3)c3ccccc23)c1OC. The number of methoxy groups -OCH3 is 2. The van der Waals surface area contributed by atoms with Crippen LogP contribution in [0.2, 0.25) is 0 Å². The van der Waals surface area contributed by atoms with Gasteiger partial charge < -0.3 is 30.2 Å². The first-order chi connectivity index (χ1) is 23.7. The number of ether oxygens (including phenoxy) is 3. The number of nitrogens with zero attached hydrogens (tertiary/aromatic N) is 1. The molecule has 0 radical (unpaired) electrons. The second-order valence-corrected chi connectivity index (χ2v) is 14.2. The van der Waals surface area contributed by atoms with Gasteiger partial charge >= 0.3 is 6.03 Å². The molecule has 260 valence electrons. The van der Waals surface area contributed by atoms with E-state index in [1.165, 1.54) is 21.3 Å². The molecule has 0 aliphatic carbocycles. The number of hydrogen-bond acceptors (Lipinski definition) is 9. The molecule has 14 heteroatoms. The van der Waals surface area contributed by atoms with Crippen LogP contribution in [-0.2, 0) is 15.4 Å². The van der Waals surface area contributed by atoms with Crippen molar-refractivity contribution in [2.24, 2.45) is 0 Å². The summed E-state index contributed by atoms with van der Waals surface area (Å²) in [7, 11) is 0.191. The predicted molar refractivity (Wildman–Crippen MR) is 195 cm³/mol. The van der Waals surface area contributed by atoms with Crippen LogP contribution in [-0.4, -0.2) is 45.9 Å². The van der Waals surface area contributed by atoms with Gasteiger partial charge in [0.05, 0.1) is 31.2 Å². The van der Waals surface area contributed by atoms with Crippen LogP contribution >= 0.6 is 11.6 Å². The van der Waals surface area contributed by atoms with Gasteiger partial charge in [-0.05, 0) is 72.1 Å². The van der Waals surface area contributed by atoms with E-state index >= 15 is 0 Å². The van der Waals surface area contributed by atoms with E-state index in [0.29, 0.717) is 45.4 Å². The van der Waals surface area contributed by atoms with Gasteiger partial charge in [0, 0.05) is 34.8 Å². The van der Waals surface area contributed by atoms with Gasteiger partial charge in [-0.1, -0.05) is 45.0 Å². The lowest BCUT2D eigenvalue weighted by Crippen LogP contribution is -2.24. The molecule has 50 heavy (non-hydrogen) atoms. The summed E-state index contributed by atoms with van der Waals surface area (Å²) in [4.78, 5) is 29.4. The third-order valence-electron chi connectivity index (χ3n) is 7.71. The van der Waals surface area contributed by atoms with Gasteiger partial charge in [0.2, 0.25) is 10.0 Å². The van der Waals surface area contributed by atoms with E-state index in [2.05, 4.69) is 25.7 Å². The minimum atomic E-state index is -3.92. The Morgan fingerprint density at radius 2 is 1.54 bits per heavy atom. The normalized spacial score (nSPS) is 11.5. The van der Waals surface area contributed by atoms with Crippen molar-refractivity contribution in [1.82, 2.24) is 9.71 Å². The minimum absolute atomic E-state index is 0.00355. The molecule has 1 heterocycles. The van der Waals surface area contributed by atoms with Gasteiger partial charge in [0.1, 0.15) is 28.0 Å². The highest BCUT2D eigenvalue weighted by Gasteiger charge is 2.27. The Kier molecular flexibility index (Phi) is 10.5. The van der Waals surface area contributed by atoms with E-state index in [9.17, 15) is 18.0 Å². The molecule has 0 spiro atoms. The van der Waals surface area contributed by atoms with Crippen molar-refractivity contribution in [1.29, 1.82) is 0 Å². The summed E-state index contributed by atoms with van der Waals surface area (Å²) in [6.45, 7) is 5.82. The molecule has 12 nitrogen and oxygen atoms in total. The molecule has 4 N–H and O–H groups in total. The van der Waals surface area contributed by atoms with Crippen molar-refractivity contribution in [2.75, 3.05) is 37.2 Å². The summed E-state index contributed by atoms with van der Waals surface area (Å²) in [6.07, 6.45) is 1.59. The van der Waals surface area contributed by atoms with Crippen LogP contribution < -0.4 is 34.9 Å². The Morgan fingerprint density at radius 1 is 0.820 bits per heavy atom. The summed E-state index contributed by atoms with van der Waals surface area (Å²) in [6, 6.07) is 21.8. The number of hydrogen-bond donors (Lipinski definition) is 4. The number of urea groups is 1. The van der Waals surface area contributed by atoms with Gasteiger partial charge in [-0.3, -0.25) is 4.79 Å². The maximum Gasteiger partial charge on any atom is 0.323 e. The number of aromatic nitrogens is 1. The smallest absolute Gasteiger partial charge is 0.323 e. The van der Waals surface area contributed by atoms with Crippen LogP contribution in [0.15, 0.2) is 90.0 Å². The van der Waals surface area contributed by atoms with Gasteiger partial charge in [-0.25, -0.2) is 22.9 Å². The van der Waals surface area contributed by atoms with Crippen LogP contribution in [0.4, 0.5) is 27.7 Å². The summed E-state index contributed by atoms with van der Waals surface area (Å²) < 4.78 is 45.2. The van der Waals surface area contributed by atoms with Crippen LogP contribution in [0.3, 0.4) is 0 Å². The molecule has 0 fully saturated rings. The molecular formula is C36H36ClN5O7S. The fourth-order valence-electron chi connectivity index (χ4n) is 5.14. The molecule has 0 aliphatic heterocycles. The second-order valence-electron chi connectivity index (χ2n) is 12.0. The Hall–Kier alpha value is -5.37. The van der Waals surface area contributed by atoms with Crippen molar-refractivity contribution in [2.45, 2.75) is 31.1 Å². The van der Waals surface area contributed by atoms with Gasteiger partial charge in [-0.15, -0.1) is 0 Å². The van der Waals surface area contributed by atoms with E-state index in [1.807, 2.05) is 45.0 Å². The molecular weight excluding hydrogens is 682 g/mol. The summed E-state index contributed by atoms with van der Waals surface area (Å²) in [5, 5.41) is 9.61. The maximum atomic E-state index is 13.4. The van der Waals surface area contributed by atoms with Crippen molar-refractivity contribution in [3.63, 3.8) is 0 Å². The van der Waals surface area contributed by atoms with Crippen LogP contribution in [0.1, 0.15) is 36.7 Å². The average Bonchev–Trinajstić information content (AvgIpc) is 3.08. The predicted octanol–water partition coefficient (Wildman–Crippen LogP) is 8.02. The highest BCUT2D eigenvalue weighted by atomic mass is 35.5. The summed E-state index contributed by atoms with van der Waals surface area (Å²) in [5.41, 5.74) is 1.80. The third kappa shape index (κ3) is 7.91. The van der Waals surface area contributed by atoms with E-state index in [4.69, 9.17) is 25.8 Å². The van der Waals surface area contributed by atoms with E-state index in [-0.39, 0.29) is 21.9 Å². The molecule has 0 atom stereocenters. The Labute approximate surface area is 295 Å². The highest BCUT2D eigenvalue weighted by molar-refractivity contribution is 7.89. The van der Waals surface area contributed by atoms with Gasteiger partial charge in [-0.2, -0.15) is 0 Å². The average molecular weight is 718 g/mol. The number of carbonyl (C=O) groups excluding carboxylic acids is 2. The summed E-state index contributed by atoms with van der Waals surface area (Å²) in [5.74, 6) is 1.81. The molecule has 5 rings (SSSR count). The zero-order valence-corrected chi connectivity index (χ0v) is 29.7. The number of halogens is 1. The zero-order chi connectivity index (χ0) is 36.2. The van der Waals surface area contributed by atoms with E-state index in [1.54, 1.807) is 60.8 Å². The first kappa shape index (κ1) is 35.9. The third-order valence-corrected chi connectivity index (χ3v) is 9.33. The fraction of sp³-hybridized carbons (Fsp3) is 0.194. The molecule has 1 aromatic heterocycles. The molecule has 0 unspecified atom stereocenters. The van der Waals surface area contributed by atoms with Gasteiger partial charge in [0.25, 0.3) is 5.24 Å². The number of anilines is 4. The lowest BCUT2D eigenvalue weighted by Gasteiger charge is -2.23. The zero-order valence-electron chi connectivity index (χ0n) is 28.2. The molecule has 0 saturated heterocycles. The van der Waals surface area contributed by atoms with Gasteiger partial charge in [0.15, 0.2) is 5.75 Å². The lowest BCUT2D eigenvalue weighted by atomic mass is 9.86. The second kappa shape index (κ2) is 14.6. The molecule has 0 bridgehead atoms. The Morgan fingerprint density at radius 3 is 2.20 bits per heavy atom. The number of rotatable bonds is 11. The number of pyridine rings is 1.